The Morgan fingerprint density at radius 1 is 0.420 bits per heavy atom. The fraction of sp³-hybridized carbons (Fsp3) is 0. The molecule has 50 heavy (non-hydrogen) atoms. The number of pyridine rings is 1. The first-order valence-corrected chi connectivity index (χ1v) is 17.0. The molecule has 234 valence electrons. The molecule has 3 aromatic heterocycles. The van der Waals surface area contributed by atoms with Crippen LogP contribution in [0.25, 0.3) is 94.1 Å². The molecule has 0 aliphatic rings. The fourth-order valence-corrected chi connectivity index (χ4v) is 7.72. The average Bonchev–Trinajstić information content (AvgIpc) is 3.83. The summed E-state index contributed by atoms with van der Waals surface area (Å²) in [4.78, 5) is 4.84. The van der Waals surface area contributed by atoms with Crippen molar-refractivity contribution in [1.82, 2.24) is 9.55 Å². The summed E-state index contributed by atoms with van der Waals surface area (Å²) in [5, 5.41) is 8.65. The summed E-state index contributed by atoms with van der Waals surface area (Å²) in [7, 11) is 0. The van der Waals surface area contributed by atoms with Gasteiger partial charge in [-0.25, -0.2) is 4.98 Å². The largest absolute Gasteiger partial charge is 0.456 e. The molecule has 0 unspecified atom stereocenters. The molecule has 0 spiro atoms. The van der Waals surface area contributed by atoms with E-state index in [1.165, 1.54) is 32.3 Å². The Morgan fingerprint density at radius 2 is 1.02 bits per heavy atom. The zero-order valence-electron chi connectivity index (χ0n) is 27.1. The molecule has 0 radical (unpaired) electrons. The lowest BCUT2D eigenvalue weighted by Gasteiger charge is -2.12. The monoisotopic (exact) mass is 638 g/mol. The van der Waals surface area contributed by atoms with Crippen LogP contribution in [0, 0.1) is 0 Å². The summed E-state index contributed by atoms with van der Waals surface area (Å²) in [6.07, 6.45) is 1.86. The van der Waals surface area contributed by atoms with Crippen LogP contribution in [0.15, 0.2) is 187 Å². The van der Waals surface area contributed by atoms with Crippen LogP contribution in [-0.2, 0) is 0 Å². The minimum absolute atomic E-state index is 0.823. The van der Waals surface area contributed by atoms with Gasteiger partial charge in [-0.15, -0.1) is 0 Å². The van der Waals surface area contributed by atoms with Crippen LogP contribution in [-0.4, -0.2) is 9.55 Å². The minimum atomic E-state index is 0.823. The third-order valence-electron chi connectivity index (χ3n) is 9.88. The molecular weight excluding hydrogens is 609 g/mol. The van der Waals surface area contributed by atoms with Crippen molar-refractivity contribution in [2.24, 2.45) is 0 Å². The lowest BCUT2D eigenvalue weighted by molar-refractivity contribution is 0.598. The van der Waals surface area contributed by atoms with Crippen LogP contribution in [0.2, 0.25) is 0 Å². The summed E-state index contributed by atoms with van der Waals surface area (Å²) < 4.78 is 9.13. The van der Waals surface area contributed by atoms with Gasteiger partial charge in [-0.2, -0.15) is 0 Å². The topological polar surface area (TPSA) is 31.0 Å². The molecule has 0 bridgehead atoms. The maximum absolute atomic E-state index is 6.84. The second-order valence-electron chi connectivity index (χ2n) is 12.7. The molecule has 7 aromatic carbocycles. The fourth-order valence-electron chi connectivity index (χ4n) is 7.72. The van der Waals surface area contributed by atoms with Gasteiger partial charge in [0.25, 0.3) is 0 Å². The van der Waals surface area contributed by atoms with Gasteiger partial charge in [0.05, 0.1) is 11.2 Å². The Hall–Kier alpha value is -6.71. The van der Waals surface area contributed by atoms with E-state index in [9.17, 15) is 0 Å². The molecule has 0 aliphatic carbocycles. The van der Waals surface area contributed by atoms with Gasteiger partial charge in [-0.3, -0.25) is 4.57 Å². The van der Waals surface area contributed by atoms with Crippen molar-refractivity contribution in [3.63, 3.8) is 0 Å². The second-order valence-corrected chi connectivity index (χ2v) is 12.7. The maximum atomic E-state index is 6.84. The summed E-state index contributed by atoms with van der Waals surface area (Å²) >= 11 is 0. The normalized spacial score (nSPS) is 11.6. The van der Waals surface area contributed by atoms with Gasteiger partial charge in [0, 0.05) is 28.3 Å². The van der Waals surface area contributed by atoms with Crippen molar-refractivity contribution in [2.75, 3.05) is 0 Å². The van der Waals surface area contributed by atoms with E-state index in [0.717, 1.165) is 61.8 Å². The molecule has 0 atom stereocenters. The number of hydrogen-bond acceptors (Lipinski definition) is 2. The quantitative estimate of drug-likeness (QED) is 0.176. The number of aromatic nitrogens is 2. The van der Waals surface area contributed by atoms with Gasteiger partial charge >= 0.3 is 0 Å². The van der Waals surface area contributed by atoms with E-state index >= 15 is 0 Å². The molecule has 10 aromatic rings. The van der Waals surface area contributed by atoms with Crippen molar-refractivity contribution in [1.29, 1.82) is 0 Å². The van der Waals surface area contributed by atoms with Crippen LogP contribution >= 0.6 is 0 Å². The molecule has 0 saturated heterocycles. The van der Waals surface area contributed by atoms with Gasteiger partial charge < -0.3 is 4.42 Å². The average molecular weight is 639 g/mol. The number of nitrogens with zero attached hydrogens (tertiary/aromatic N) is 2. The molecule has 3 heterocycles. The number of benzene rings is 7. The van der Waals surface area contributed by atoms with E-state index in [0.29, 0.717) is 0 Å². The number of hydrogen-bond donors (Lipinski definition) is 0. The molecule has 0 N–H and O–H groups in total. The Kier molecular flexibility index (Phi) is 6.49. The van der Waals surface area contributed by atoms with E-state index < -0.39 is 0 Å². The van der Waals surface area contributed by atoms with Crippen LogP contribution in [0.3, 0.4) is 0 Å². The van der Waals surface area contributed by atoms with Crippen molar-refractivity contribution < 1.29 is 4.42 Å². The Balaban J connectivity index is 1.21. The van der Waals surface area contributed by atoms with Gasteiger partial charge in [0.2, 0.25) is 0 Å². The number of fused-ring (bicyclic) bond motifs is 7. The van der Waals surface area contributed by atoms with Crippen molar-refractivity contribution in [3.05, 3.63) is 182 Å². The Labute approximate surface area is 289 Å². The molecule has 10 rings (SSSR count). The van der Waals surface area contributed by atoms with E-state index in [-0.39, 0.29) is 0 Å². The van der Waals surface area contributed by atoms with Crippen molar-refractivity contribution in [2.45, 2.75) is 0 Å². The van der Waals surface area contributed by atoms with Crippen LogP contribution in [0.4, 0.5) is 0 Å². The lowest BCUT2D eigenvalue weighted by Crippen LogP contribution is -1.99. The zero-order valence-corrected chi connectivity index (χ0v) is 27.1. The molecule has 0 aliphatic heterocycles. The second kappa shape index (κ2) is 11.5. The smallest absolute Gasteiger partial charge is 0.137 e. The molecule has 0 amide bonds. The molecule has 3 nitrogen and oxygen atoms in total. The van der Waals surface area contributed by atoms with E-state index in [4.69, 9.17) is 9.40 Å². The predicted molar refractivity (Wildman–Crippen MR) is 208 cm³/mol. The predicted octanol–water partition coefficient (Wildman–Crippen LogP) is 12.7. The molecule has 0 fully saturated rings. The number of rotatable bonds is 5. The Bertz CT molecular complexity index is 2810. The highest BCUT2D eigenvalue weighted by atomic mass is 16.3. The third kappa shape index (κ3) is 4.41. The molecule has 3 heteroatoms. The summed E-state index contributed by atoms with van der Waals surface area (Å²) in [5.74, 6) is 2.53. The maximum Gasteiger partial charge on any atom is 0.137 e. The van der Waals surface area contributed by atoms with Gasteiger partial charge in [0.1, 0.15) is 17.3 Å². The SMILES string of the molecule is c1ccc(-c2c(-c3ccccc3)n(-c3ccccn3)c3cccc(-c4ccc(-c5ccc6c7ccccc7c7ccccc7c6c5)o4)c23)cc1. The first-order chi connectivity index (χ1) is 24.8. The van der Waals surface area contributed by atoms with Gasteiger partial charge in [0.15, 0.2) is 0 Å². The van der Waals surface area contributed by atoms with E-state index in [2.05, 4.69) is 168 Å². The third-order valence-corrected chi connectivity index (χ3v) is 9.88. The summed E-state index contributed by atoms with van der Waals surface area (Å²) in [6.45, 7) is 0. The molecular formula is C47H30N2O. The van der Waals surface area contributed by atoms with Crippen LogP contribution in [0.5, 0.6) is 0 Å². The first kappa shape index (κ1) is 28.3. The lowest BCUT2D eigenvalue weighted by atomic mass is 9.93. The highest BCUT2D eigenvalue weighted by molar-refractivity contribution is 6.25. The van der Waals surface area contributed by atoms with E-state index in [1.54, 1.807) is 0 Å². The summed E-state index contributed by atoms with van der Waals surface area (Å²) in [5.41, 5.74) is 7.66. The minimum Gasteiger partial charge on any atom is -0.456 e. The van der Waals surface area contributed by atoms with Gasteiger partial charge in [-0.05, 0) is 79.8 Å². The highest BCUT2D eigenvalue weighted by Gasteiger charge is 2.25. The highest BCUT2D eigenvalue weighted by Crippen LogP contribution is 2.47. The van der Waals surface area contributed by atoms with Crippen molar-refractivity contribution in [3.8, 4) is 50.8 Å². The van der Waals surface area contributed by atoms with Crippen molar-refractivity contribution >= 4 is 43.2 Å². The van der Waals surface area contributed by atoms with Crippen LogP contribution < -0.4 is 0 Å². The Morgan fingerprint density at radius 3 is 1.70 bits per heavy atom. The zero-order chi connectivity index (χ0) is 33.0. The van der Waals surface area contributed by atoms with Gasteiger partial charge in [-0.1, -0.05) is 140 Å². The van der Waals surface area contributed by atoms with Crippen LogP contribution in [0.1, 0.15) is 0 Å². The summed E-state index contributed by atoms with van der Waals surface area (Å²) in [6, 6.07) is 62.2. The number of furan rings is 1. The first-order valence-electron chi connectivity index (χ1n) is 17.0. The van der Waals surface area contributed by atoms with E-state index in [1.807, 2.05) is 18.3 Å². The standard InChI is InChI=1S/C47H30N2O/c1-3-14-31(15-4-1)45-46-39(22-13-23-41(46)49(44-24-11-12-29-48-44)47(45)32-16-5-2-6-17-32)43-28-27-42(50-43)33-25-26-38-36-20-8-7-18-34(36)35-19-9-10-21-37(35)40(38)30-33/h1-30H. The molecule has 0 saturated carbocycles.